The van der Waals surface area contributed by atoms with E-state index in [9.17, 15) is 14.0 Å². The molecule has 0 aromatic carbocycles. The van der Waals surface area contributed by atoms with Crippen molar-refractivity contribution in [3.8, 4) is 11.3 Å². The van der Waals surface area contributed by atoms with Gasteiger partial charge < -0.3 is 14.2 Å². The minimum atomic E-state index is -0.524. The maximum Gasteiger partial charge on any atom is 0.257 e. The van der Waals surface area contributed by atoms with Crippen molar-refractivity contribution in [3.63, 3.8) is 0 Å². The molecule has 0 bridgehead atoms. The van der Waals surface area contributed by atoms with Gasteiger partial charge in [0.15, 0.2) is 5.82 Å². The first kappa shape index (κ1) is 18.5. The smallest absolute Gasteiger partial charge is 0.257 e. The minimum absolute atomic E-state index is 0.0296. The Morgan fingerprint density at radius 2 is 2.07 bits per heavy atom. The van der Waals surface area contributed by atoms with Crippen LogP contribution in [0, 0.1) is 17.7 Å². The van der Waals surface area contributed by atoms with Crippen LogP contribution in [-0.4, -0.2) is 51.5 Å². The van der Waals surface area contributed by atoms with E-state index in [1.54, 1.807) is 13.1 Å². The molecule has 0 N–H and O–H groups in total. The van der Waals surface area contributed by atoms with Crippen LogP contribution in [-0.2, 0) is 7.05 Å². The highest BCUT2D eigenvalue weighted by atomic mass is 19.1. The fourth-order valence-electron chi connectivity index (χ4n) is 4.50. The summed E-state index contributed by atoms with van der Waals surface area (Å²) in [6, 6.07) is 4.68. The summed E-state index contributed by atoms with van der Waals surface area (Å²) in [6.45, 7) is 1.30. The molecule has 0 radical (unpaired) electrons. The third-order valence-corrected chi connectivity index (χ3v) is 6.13. The van der Waals surface area contributed by atoms with E-state index in [1.165, 1.54) is 35.4 Å². The lowest BCUT2D eigenvalue weighted by molar-refractivity contribution is 0.0772. The van der Waals surface area contributed by atoms with Crippen LogP contribution in [0.1, 0.15) is 10.4 Å². The predicted octanol–water partition coefficient (Wildman–Crippen LogP) is 1.78. The Morgan fingerprint density at radius 3 is 2.73 bits per heavy atom. The number of rotatable bonds is 4. The first-order valence-corrected chi connectivity index (χ1v) is 9.68. The number of hydrogen-bond acceptors (Lipinski definition) is 6. The molecule has 1 amide bonds. The molecule has 3 aromatic rings. The topological polar surface area (TPSA) is 84.5 Å². The van der Waals surface area contributed by atoms with Crippen LogP contribution in [0.4, 0.5) is 10.3 Å². The number of likely N-dealkylation sites (tertiary alicyclic amines) is 1. The Bertz CT molecular complexity index is 1160. The van der Waals surface area contributed by atoms with Crippen LogP contribution in [0.5, 0.6) is 0 Å². The van der Waals surface area contributed by atoms with Gasteiger partial charge in [0.1, 0.15) is 6.26 Å². The van der Waals surface area contributed by atoms with Crippen molar-refractivity contribution in [2.75, 3.05) is 25.0 Å². The number of pyridine rings is 1. The number of piperidine rings is 1. The highest BCUT2D eigenvalue weighted by Crippen LogP contribution is 2.49. The molecule has 0 unspecified atom stereocenters. The number of anilines is 1. The molecular formula is C21H20FN5O3. The fraction of sp³-hybridized carbons (Fsp3) is 0.333. The van der Waals surface area contributed by atoms with Gasteiger partial charge in [0.2, 0.25) is 5.95 Å². The van der Waals surface area contributed by atoms with Crippen molar-refractivity contribution in [3.05, 3.63) is 64.9 Å². The third-order valence-electron chi connectivity index (χ3n) is 6.13. The van der Waals surface area contributed by atoms with Crippen molar-refractivity contribution < 1.29 is 13.6 Å². The molecule has 2 aliphatic rings. The molecule has 3 atom stereocenters. The number of nitrogens with zero attached hydrogens (tertiary/aromatic N) is 5. The average Bonchev–Trinajstić information content (AvgIpc) is 3.11. The molecule has 1 aliphatic heterocycles. The lowest BCUT2D eigenvalue weighted by Gasteiger charge is -2.26. The number of hydrogen-bond donors (Lipinski definition) is 0. The van der Waals surface area contributed by atoms with Gasteiger partial charge in [-0.15, -0.1) is 0 Å². The van der Waals surface area contributed by atoms with Crippen LogP contribution in [0.15, 0.2) is 52.3 Å². The Balaban J connectivity index is 1.37. The van der Waals surface area contributed by atoms with Crippen molar-refractivity contribution in [1.82, 2.24) is 19.4 Å². The third kappa shape index (κ3) is 2.89. The Kier molecular flexibility index (Phi) is 4.19. The normalized spacial score (nSPS) is 22.1. The molecule has 8 nitrogen and oxygen atoms in total. The summed E-state index contributed by atoms with van der Waals surface area (Å²) >= 11 is 0. The van der Waals surface area contributed by atoms with Gasteiger partial charge in [-0.05, 0) is 12.1 Å². The van der Waals surface area contributed by atoms with Gasteiger partial charge in [0, 0.05) is 62.9 Å². The summed E-state index contributed by atoms with van der Waals surface area (Å²) in [5.74, 6) is 0.538. The first-order chi connectivity index (χ1) is 14.5. The molecule has 1 saturated carbocycles. The number of halogens is 1. The number of carbonyl (C=O) groups is 1. The van der Waals surface area contributed by atoms with Crippen LogP contribution < -0.4 is 10.5 Å². The standard InChI is InChI=1S/C21H20FN5O3/c1-25-18(28)7-17(13-3-5-23-8-16(13)22)24-21(25)26(2)19-14-9-27(10-15(14)19)20(29)12-4-6-30-11-12/h3-8,11,14-15,19H,9-10H2,1-2H3/t14-,15+,19-. The van der Waals surface area contributed by atoms with Crippen LogP contribution in [0.25, 0.3) is 11.3 Å². The van der Waals surface area contributed by atoms with Crippen molar-refractivity contribution in [2.45, 2.75) is 6.04 Å². The zero-order valence-electron chi connectivity index (χ0n) is 16.5. The molecule has 3 aromatic heterocycles. The summed E-state index contributed by atoms with van der Waals surface area (Å²) in [5, 5.41) is 0. The van der Waals surface area contributed by atoms with Gasteiger partial charge in [-0.2, -0.15) is 0 Å². The monoisotopic (exact) mass is 409 g/mol. The van der Waals surface area contributed by atoms with Crippen LogP contribution in [0.2, 0.25) is 0 Å². The summed E-state index contributed by atoms with van der Waals surface area (Å²) in [5.41, 5.74) is 0.811. The van der Waals surface area contributed by atoms with E-state index in [4.69, 9.17) is 4.42 Å². The van der Waals surface area contributed by atoms with E-state index >= 15 is 0 Å². The summed E-state index contributed by atoms with van der Waals surface area (Å²) in [6.07, 6.45) is 5.53. The molecule has 9 heteroatoms. The van der Waals surface area contributed by atoms with Gasteiger partial charge in [-0.1, -0.05) is 0 Å². The first-order valence-electron chi connectivity index (χ1n) is 9.68. The molecule has 0 spiro atoms. The zero-order chi connectivity index (χ0) is 21.0. The van der Waals surface area contributed by atoms with Crippen molar-refractivity contribution in [2.24, 2.45) is 18.9 Å². The molecule has 5 rings (SSSR count). The number of carbonyl (C=O) groups excluding carboxylic acids is 1. The zero-order valence-corrected chi connectivity index (χ0v) is 16.5. The molecular weight excluding hydrogens is 389 g/mol. The van der Waals surface area contributed by atoms with Crippen LogP contribution >= 0.6 is 0 Å². The number of aromatic nitrogens is 3. The average molecular weight is 409 g/mol. The van der Waals surface area contributed by atoms with Gasteiger partial charge in [-0.25, -0.2) is 9.37 Å². The molecule has 2 fully saturated rings. The fourth-order valence-corrected chi connectivity index (χ4v) is 4.50. The van der Waals surface area contributed by atoms with Crippen molar-refractivity contribution >= 4 is 11.9 Å². The van der Waals surface area contributed by atoms with Gasteiger partial charge in [0.25, 0.3) is 11.5 Å². The van der Waals surface area contributed by atoms with E-state index < -0.39 is 5.82 Å². The van der Waals surface area contributed by atoms with Crippen molar-refractivity contribution in [1.29, 1.82) is 0 Å². The van der Waals surface area contributed by atoms with Gasteiger partial charge in [-0.3, -0.25) is 19.1 Å². The van der Waals surface area contributed by atoms with E-state index in [0.717, 1.165) is 6.20 Å². The van der Waals surface area contributed by atoms with E-state index in [0.29, 0.717) is 36.4 Å². The quantitative estimate of drug-likeness (QED) is 0.653. The van der Waals surface area contributed by atoms with Gasteiger partial charge >= 0.3 is 0 Å². The minimum Gasteiger partial charge on any atom is -0.472 e. The Hall–Kier alpha value is -3.49. The largest absolute Gasteiger partial charge is 0.472 e. The summed E-state index contributed by atoms with van der Waals surface area (Å²) < 4.78 is 20.6. The number of fused-ring (bicyclic) bond motifs is 1. The van der Waals surface area contributed by atoms with E-state index in [-0.39, 0.29) is 28.8 Å². The predicted molar refractivity (Wildman–Crippen MR) is 106 cm³/mol. The second kappa shape index (κ2) is 6.79. The summed E-state index contributed by atoms with van der Waals surface area (Å²) in [4.78, 5) is 37.1. The van der Waals surface area contributed by atoms with Crippen LogP contribution in [0.3, 0.4) is 0 Å². The molecule has 30 heavy (non-hydrogen) atoms. The van der Waals surface area contributed by atoms with E-state index in [2.05, 4.69) is 9.97 Å². The lowest BCUT2D eigenvalue weighted by atomic mass is 10.2. The van der Waals surface area contributed by atoms with E-state index in [1.807, 2.05) is 16.8 Å². The Morgan fingerprint density at radius 1 is 1.30 bits per heavy atom. The highest BCUT2D eigenvalue weighted by Gasteiger charge is 2.59. The molecule has 154 valence electrons. The highest BCUT2D eigenvalue weighted by molar-refractivity contribution is 5.94. The second-order valence-corrected chi connectivity index (χ2v) is 7.85. The second-order valence-electron chi connectivity index (χ2n) is 7.85. The van der Waals surface area contributed by atoms with Gasteiger partial charge in [0.05, 0.1) is 23.7 Å². The SMILES string of the molecule is CN(c1nc(-c2ccncc2F)cc(=O)n1C)[C@@H]1[C@@H]2CN(C(=O)c3ccoc3)C[C@@H]21. The number of furan rings is 1. The molecule has 1 saturated heterocycles. The summed E-state index contributed by atoms with van der Waals surface area (Å²) in [7, 11) is 3.54. The maximum atomic E-state index is 14.2. The maximum absolute atomic E-state index is 14.2. The lowest BCUT2D eigenvalue weighted by Crippen LogP contribution is -2.38. The molecule has 1 aliphatic carbocycles. The Labute approximate surface area is 171 Å². The molecule has 4 heterocycles. The number of amides is 1.